The van der Waals surface area contributed by atoms with E-state index in [1.165, 1.54) is 12.1 Å². The molecule has 2 aromatic carbocycles. The molecule has 0 atom stereocenters. The van der Waals surface area contributed by atoms with E-state index in [0.29, 0.717) is 11.4 Å². The third kappa shape index (κ3) is 4.17. The fraction of sp³-hybridized carbons (Fsp3) is 0.263. The zero-order chi connectivity index (χ0) is 18.5. The molecule has 0 radical (unpaired) electrons. The SMILES string of the molecule is O=C(Nc1cccc(OCC(=O)N2CCCC2)c1)c1c(F)cccc1F. The average Bonchev–Trinajstić information content (AvgIpc) is 3.14. The molecule has 2 aromatic rings. The number of halogens is 2. The van der Waals surface area contributed by atoms with Gasteiger partial charge in [0.1, 0.15) is 22.9 Å². The molecule has 0 saturated carbocycles. The third-order valence-corrected chi connectivity index (χ3v) is 4.10. The minimum absolute atomic E-state index is 0.0923. The number of likely N-dealkylation sites (tertiary alicyclic amines) is 1. The van der Waals surface area contributed by atoms with E-state index in [4.69, 9.17) is 4.74 Å². The van der Waals surface area contributed by atoms with Gasteiger partial charge in [0.15, 0.2) is 6.61 Å². The number of nitrogens with zero attached hydrogens (tertiary/aromatic N) is 1. The van der Waals surface area contributed by atoms with Crippen LogP contribution in [0.25, 0.3) is 0 Å². The largest absolute Gasteiger partial charge is 0.484 e. The molecule has 26 heavy (non-hydrogen) atoms. The minimum atomic E-state index is -0.939. The number of ether oxygens (including phenoxy) is 1. The maximum Gasteiger partial charge on any atom is 0.261 e. The molecule has 1 heterocycles. The fourth-order valence-corrected chi connectivity index (χ4v) is 2.77. The highest BCUT2D eigenvalue weighted by atomic mass is 19.1. The van der Waals surface area contributed by atoms with Crippen molar-refractivity contribution in [2.75, 3.05) is 25.0 Å². The van der Waals surface area contributed by atoms with Crippen LogP contribution >= 0.6 is 0 Å². The monoisotopic (exact) mass is 360 g/mol. The summed E-state index contributed by atoms with van der Waals surface area (Å²) >= 11 is 0. The van der Waals surface area contributed by atoms with Gasteiger partial charge in [-0.25, -0.2) is 8.78 Å². The first-order chi connectivity index (χ1) is 12.5. The number of carbonyl (C=O) groups is 2. The summed E-state index contributed by atoms with van der Waals surface area (Å²) < 4.78 is 32.8. The Labute approximate surface area is 149 Å². The lowest BCUT2D eigenvalue weighted by atomic mass is 10.1. The van der Waals surface area contributed by atoms with E-state index in [1.54, 1.807) is 23.1 Å². The smallest absolute Gasteiger partial charge is 0.261 e. The van der Waals surface area contributed by atoms with Gasteiger partial charge in [-0.2, -0.15) is 0 Å². The Balaban J connectivity index is 1.63. The summed E-state index contributed by atoms with van der Waals surface area (Å²) in [5.41, 5.74) is -0.341. The molecule has 1 aliphatic rings. The van der Waals surface area contributed by atoms with Crippen molar-refractivity contribution in [2.45, 2.75) is 12.8 Å². The van der Waals surface area contributed by atoms with E-state index in [-0.39, 0.29) is 12.5 Å². The highest BCUT2D eigenvalue weighted by molar-refractivity contribution is 6.04. The summed E-state index contributed by atoms with van der Waals surface area (Å²) in [6.45, 7) is 1.39. The van der Waals surface area contributed by atoms with Crippen LogP contribution in [0, 0.1) is 11.6 Å². The van der Waals surface area contributed by atoms with Crippen molar-refractivity contribution in [3.8, 4) is 5.75 Å². The lowest BCUT2D eigenvalue weighted by molar-refractivity contribution is -0.132. The molecular formula is C19H18F2N2O3. The van der Waals surface area contributed by atoms with Crippen molar-refractivity contribution in [1.82, 2.24) is 4.90 Å². The number of nitrogens with one attached hydrogen (secondary N) is 1. The molecular weight excluding hydrogens is 342 g/mol. The number of hydrogen-bond acceptors (Lipinski definition) is 3. The Hall–Kier alpha value is -2.96. The van der Waals surface area contributed by atoms with E-state index < -0.39 is 23.1 Å². The number of benzene rings is 2. The second kappa shape index (κ2) is 7.95. The van der Waals surface area contributed by atoms with Crippen LogP contribution in [0.5, 0.6) is 5.75 Å². The molecule has 0 bridgehead atoms. The number of carbonyl (C=O) groups excluding carboxylic acids is 2. The summed E-state index contributed by atoms with van der Waals surface area (Å²) in [6, 6.07) is 9.52. The van der Waals surface area contributed by atoms with Crippen LogP contribution in [-0.4, -0.2) is 36.4 Å². The molecule has 1 aliphatic heterocycles. The van der Waals surface area contributed by atoms with Gasteiger partial charge in [-0.3, -0.25) is 9.59 Å². The lowest BCUT2D eigenvalue weighted by Crippen LogP contribution is -2.32. The summed E-state index contributed by atoms with van der Waals surface area (Å²) in [7, 11) is 0. The lowest BCUT2D eigenvalue weighted by Gasteiger charge is -2.15. The van der Waals surface area contributed by atoms with Gasteiger partial charge in [0.2, 0.25) is 0 Å². The van der Waals surface area contributed by atoms with E-state index in [0.717, 1.165) is 38.1 Å². The van der Waals surface area contributed by atoms with Gasteiger partial charge >= 0.3 is 0 Å². The highest BCUT2D eigenvalue weighted by Gasteiger charge is 2.19. The van der Waals surface area contributed by atoms with Gasteiger partial charge in [0, 0.05) is 24.8 Å². The molecule has 0 aromatic heterocycles. The summed E-state index contributed by atoms with van der Waals surface area (Å²) in [4.78, 5) is 25.8. The fourth-order valence-electron chi connectivity index (χ4n) is 2.77. The van der Waals surface area contributed by atoms with E-state index >= 15 is 0 Å². The first kappa shape index (κ1) is 17.8. The van der Waals surface area contributed by atoms with Gasteiger partial charge in [0.25, 0.3) is 11.8 Å². The molecule has 136 valence electrons. The molecule has 0 unspecified atom stereocenters. The molecule has 7 heteroatoms. The average molecular weight is 360 g/mol. The Morgan fingerprint density at radius 3 is 2.38 bits per heavy atom. The standard InChI is InChI=1S/C19H18F2N2O3/c20-15-7-4-8-16(21)18(15)19(25)22-13-5-3-6-14(11-13)26-12-17(24)23-9-1-2-10-23/h3-8,11H,1-2,9-10,12H2,(H,22,25). The van der Waals surface area contributed by atoms with Crippen molar-refractivity contribution in [2.24, 2.45) is 0 Å². The predicted molar refractivity (Wildman–Crippen MR) is 92.1 cm³/mol. The first-order valence-corrected chi connectivity index (χ1v) is 8.30. The van der Waals surface area contributed by atoms with Crippen LogP contribution in [0.15, 0.2) is 42.5 Å². The van der Waals surface area contributed by atoms with Crippen LogP contribution in [0.1, 0.15) is 23.2 Å². The Morgan fingerprint density at radius 2 is 1.69 bits per heavy atom. The molecule has 0 spiro atoms. The predicted octanol–water partition coefficient (Wildman–Crippen LogP) is 3.22. The van der Waals surface area contributed by atoms with E-state index in [9.17, 15) is 18.4 Å². The Bertz CT molecular complexity index is 800. The number of amides is 2. The number of hydrogen-bond donors (Lipinski definition) is 1. The van der Waals surface area contributed by atoms with Crippen LogP contribution in [0.4, 0.5) is 14.5 Å². The molecule has 1 N–H and O–H groups in total. The molecule has 1 fully saturated rings. The zero-order valence-corrected chi connectivity index (χ0v) is 14.0. The van der Waals surface area contributed by atoms with Crippen LogP contribution in [0.3, 0.4) is 0 Å². The first-order valence-electron chi connectivity index (χ1n) is 8.30. The van der Waals surface area contributed by atoms with Crippen molar-refractivity contribution in [3.05, 3.63) is 59.7 Å². The van der Waals surface area contributed by atoms with Gasteiger partial charge in [-0.05, 0) is 37.1 Å². The zero-order valence-electron chi connectivity index (χ0n) is 14.0. The second-order valence-corrected chi connectivity index (χ2v) is 5.96. The second-order valence-electron chi connectivity index (χ2n) is 5.96. The molecule has 1 saturated heterocycles. The van der Waals surface area contributed by atoms with Gasteiger partial charge in [0.05, 0.1) is 0 Å². The minimum Gasteiger partial charge on any atom is -0.484 e. The molecule has 3 rings (SSSR count). The topological polar surface area (TPSA) is 58.6 Å². The van der Waals surface area contributed by atoms with Gasteiger partial charge in [-0.1, -0.05) is 12.1 Å². The van der Waals surface area contributed by atoms with Crippen molar-refractivity contribution >= 4 is 17.5 Å². The van der Waals surface area contributed by atoms with Crippen LogP contribution in [-0.2, 0) is 4.79 Å². The van der Waals surface area contributed by atoms with Gasteiger partial charge in [-0.15, -0.1) is 0 Å². The molecule has 2 amide bonds. The summed E-state index contributed by atoms with van der Waals surface area (Å²) in [6.07, 6.45) is 2.00. The summed E-state index contributed by atoms with van der Waals surface area (Å²) in [5.74, 6) is -2.49. The van der Waals surface area contributed by atoms with Crippen LogP contribution < -0.4 is 10.1 Å². The quantitative estimate of drug-likeness (QED) is 0.891. The van der Waals surface area contributed by atoms with E-state index in [2.05, 4.69) is 5.32 Å². The van der Waals surface area contributed by atoms with Gasteiger partial charge < -0.3 is 15.0 Å². The maximum absolute atomic E-state index is 13.7. The van der Waals surface area contributed by atoms with Crippen molar-refractivity contribution in [1.29, 1.82) is 0 Å². The molecule has 0 aliphatic carbocycles. The maximum atomic E-state index is 13.7. The van der Waals surface area contributed by atoms with E-state index in [1.807, 2.05) is 0 Å². The number of rotatable bonds is 5. The normalized spacial score (nSPS) is 13.5. The Morgan fingerprint density at radius 1 is 1.04 bits per heavy atom. The molecule has 5 nitrogen and oxygen atoms in total. The number of anilines is 1. The Kier molecular flexibility index (Phi) is 5.46. The summed E-state index contributed by atoms with van der Waals surface area (Å²) in [5, 5.41) is 2.43. The third-order valence-electron chi connectivity index (χ3n) is 4.10. The highest BCUT2D eigenvalue weighted by Crippen LogP contribution is 2.20. The van der Waals surface area contributed by atoms with Crippen molar-refractivity contribution < 1.29 is 23.1 Å². The van der Waals surface area contributed by atoms with Crippen LogP contribution in [0.2, 0.25) is 0 Å². The van der Waals surface area contributed by atoms with Crippen molar-refractivity contribution in [3.63, 3.8) is 0 Å².